The third kappa shape index (κ3) is 5.32. The van der Waals surface area contributed by atoms with Crippen LogP contribution in [0.1, 0.15) is 28.9 Å². The van der Waals surface area contributed by atoms with Crippen molar-refractivity contribution in [1.82, 2.24) is 4.57 Å². The van der Waals surface area contributed by atoms with Crippen molar-refractivity contribution < 1.29 is 36.4 Å². The van der Waals surface area contributed by atoms with Crippen LogP contribution in [0, 0.1) is 24.5 Å². The van der Waals surface area contributed by atoms with Gasteiger partial charge in [-0.1, -0.05) is 24.6 Å². The van der Waals surface area contributed by atoms with Gasteiger partial charge in [0.15, 0.2) is 11.6 Å². The number of nitrogens with zero attached hydrogens (tertiary/aromatic N) is 2. The first-order chi connectivity index (χ1) is 18.2. The van der Waals surface area contributed by atoms with Crippen molar-refractivity contribution in [2.45, 2.75) is 30.8 Å². The number of rotatable bonds is 4. The van der Waals surface area contributed by atoms with E-state index in [2.05, 4.69) is 0 Å². The average Bonchev–Trinajstić information content (AvgIpc) is 3.14. The van der Waals surface area contributed by atoms with Gasteiger partial charge in [-0.25, -0.2) is 13.6 Å². The summed E-state index contributed by atoms with van der Waals surface area (Å²) in [6, 6.07) is 5.35. The highest BCUT2D eigenvalue weighted by molar-refractivity contribution is 7.85. The van der Waals surface area contributed by atoms with Gasteiger partial charge in [0.05, 0.1) is 40.7 Å². The average molecular weight is 567 g/mol. The van der Waals surface area contributed by atoms with Gasteiger partial charge in [0.2, 0.25) is 5.43 Å². The quantitative estimate of drug-likeness (QED) is 0.270. The van der Waals surface area contributed by atoms with Crippen LogP contribution >= 0.6 is 0 Å². The van der Waals surface area contributed by atoms with E-state index >= 15 is 8.78 Å². The molecule has 210 valence electrons. The lowest BCUT2D eigenvalue weighted by atomic mass is 10.0. The topological polar surface area (TPSA) is 178 Å². The summed E-state index contributed by atoms with van der Waals surface area (Å²) in [4.78, 5) is 25.5. The van der Waals surface area contributed by atoms with Crippen LogP contribution < -0.4 is 21.8 Å². The molecule has 3 aromatic rings. The maximum Gasteiger partial charge on any atom is 0.341 e. The third-order valence-corrected chi connectivity index (χ3v) is 7.78. The second-order valence-corrected chi connectivity index (χ2v) is 11.1. The molecule has 2 aliphatic heterocycles. The minimum Gasteiger partial charge on any atom is -0.477 e. The highest BCUT2D eigenvalue weighted by Gasteiger charge is 2.35. The molecule has 2 atom stereocenters. The first kappa shape index (κ1) is 28.4. The number of aryl methyl sites for hydroxylation is 1. The van der Waals surface area contributed by atoms with Gasteiger partial charge in [0.25, 0.3) is 10.1 Å². The number of nitrogens with two attached hydrogens (primary N) is 2. The molecule has 0 amide bonds. The number of carbonyl (C=O) groups is 1. The summed E-state index contributed by atoms with van der Waals surface area (Å²) in [5.74, 6) is -3.51. The van der Waals surface area contributed by atoms with Crippen LogP contribution in [0.25, 0.3) is 10.9 Å². The SMILES string of the molecule is C[C@@H]1CN(c2c(F)c(N)c3c(=O)c(C(=O)O)cn(C4COC4)c3c2F)C[C@@H]1N.Cc1ccc(S(=O)(=O)O)cc1. The highest BCUT2D eigenvalue weighted by Crippen LogP contribution is 2.38. The fourth-order valence-electron chi connectivity index (χ4n) is 4.54. The Morgan fingerprint density at radius 1 is 1.13 bits per heavy atom. The Balaban J connectivity index is 0.000000270. The minimum absolute atomic E-state index is 0.0207. The van der Waals surface area contributed by atoms with Crippen molar-refractivity contribution in [2.75, 3.05) is 36.9 Å². The number of anilines is 2. The Bertz CT molecular complexity index is 1600. The van der Waals surface area contributed by atoms with E-state index in [0.29, 0.717) is 6.54 Å². The van der Waals surface area contributed by atoms with E-state index in [9.17, 15) is 23.1 Å². The lowest BCUT2D eigenvalue weighted by molar-refractivity contribution is -0.0219. The summed E-state index contributed by atoms with van der Waals surface area (Å²) < 4.78 is 66.6. The van der Waals surface area contributed by atoms with Crippen molar-refractivity contribution in [1.29, 1.82) is 0 Å². The van der Waals surface area contributed by atoms with Gasteiger partial charge < -0.3 is 30.8 Å². The molecular weight excluding hydrogens is 538 g/mol. The Kier molecular flexibility index (Phi) is 7.67. The molecule has 2 aliphatic rings. The Morgan fingerprint density at radius 2 is 1.74 bits per heavy atom. The number of hydrogen-bond acceptors (Lipinski definition) is 8. The van der Waals surface area contributed by atoms with Gasteiger partial charge in [-0.15, -0.1) is 0 Å². The van der Waals surface area contributed by atoms with Gasteiger partial charge in [0.1, 0.15) is 11.3 Å². The predicted molar refractivity (Wildman–Crippen MR) is 140 cm³/mol. The molecule has 14 heteroatoms. The van der Waals surface area contributed by atoms with Crippen LogP contribution in [-0.4, -0.2) is 61.0 Å². The first-order valence-electron chi connectivity index (χ1n) is 11.9. The van der Waals surface area contributed by atoms with Crippen LogP contribution in [-0.2, 0) is 14.9 Å². The third-order valence-electron chi connectivity index (χ3n) is 6.91. The van der Waals surface area contributed by atoms with E-state index in [-0.39, 0.29) is 53.9 Å². The molecule has 2 aromatic carbocycles. The molecule has 0 aliphatic carbocycles. The summed E-state index contributed by atoms with van der Waals surface area (Å²) in [6.07, 6.45) is 1.07. The van der Waals surface area contributed by atoms with Crippen molar-refractivity contribution in [2.24, 2.45) is 11.7 Å². The number of ether oxygens (including phenoxy) is 1. The maximum atomic E-state index is 15.6. The molecular formula is C25H28F2N4O7S. The predicted octanol–water partition coefficient (Wildman–Crippen LogP) is 2.16. The molecule has 0 unspecified atom stereocenters. The summed E-state index contributed by atoms with van der Waals surface area (Å²) in [5, 5.41) is 8.87. The largest absolute Gasteiger partial charge is 0.477 e. The monoisotopic (exact) mass is 566 g/mol. The van der Waals surface area contributed by atoms with Crippen LogP contribution in [0.2, 0.25) is 0 Å². The number of halogens is 2. The van der Waals surface area contributed by atoms with E-state index in [4.69, 9.17) is 20.8 Å². The number of aromatic nitrogens is 1. The number of pyridine rings is 1. The normalized spacial score (nSPS) is 19.5. The molecule has 2 fully saturated rings. The molecule has 6 N–H and O–H groups in total. The van der Waals surface area contributed by atoms with Crippen molar-refractivity contribution in [3.8, 4) is 0 Å². The lowest BCUT2D eigenvalue weighted by Gasteiger charge is -2.31. The lowest BCUT2D eigenvalue weighted by Crippen LogP contribution is -2.34. The molecule has 0 spiro atoms. The summed E-state index contributed by atoms with van der Waals surface area (Å²) in [7, 11) is -4.02. The maximum absolute atomic E-state index is 15.6. The number of hydrogen-bond donors (Lipinski definition) is 4. The van der Waals surface area contributed by atoms with E-state index in [1.165, 1.54) is 21.6 Å². The number of benzene rings is 2. The first-order valence-corrected chi connectivity index (χ1v) is 13.4. The standard InChI is InChI=1S/C18H20F2N4O4.C7H8O3S/c1-7-2-23(4-10(7)21)16-12(19)14(22)11-15(13(16)20)24(8-5-28-6-8)3-9(17(11)25)18(26)27;1-6-2-4-7(5-3-6)11(8,9)10/h3,7-8,10H,2,4-6,21-22H2,1H3,(H,26,27);2-5H,1H3,(H,8,9,10)/t7-,10+;/m1./s1. The fourth-order valence-corrected chi connectivity index (χ4v) is 5.02. The van der Waals surface area contributed by atoms with Crippen molar-refractivity contribution in [3.05, 3.63) is 63.4 Å². The second-order valence-electron chi connectivity index (χ2n) is 9.72. The number of fused-ring (bicyclic) bond motifs is 1. The Hall–Kier alpha value is -3.59. The molecule has 39 heavy (non-hydrogen) atoms. The summed E-state index contributed by atoms with van der Waals surface area (Å²) in [6.45, 7) is 4.73. The van der Waals surface area contributed by atoms with E-state index in [1.807, 2.05) is 13.8 Å². The van der Waals surface area contributed by atoms with Crippen LogP contribution in [0.3, 0.4) is 0 Å². The molecule has 0 radical (unpaired) electrons. The number of aromatic carboxylic acids is 1. The van der Waals surface area contributed by atoms with Crippen LogP contribution in [0.15, 0.2) is 40.2 Å². The molecule has 3 heterocycles. The van der Waals surface area contributed by atoms with Crippen molar-refractivity contribution >= 4 is 38.4 Å². The zero-order valence-electron chi connectivity index (χ0n) is 21.1. The van der Waals surface area contributed by atoms with Gasteiger partial charge in [-0.2, -0.15) is 8.42 Å². The minimum atomic E-state index is -4.02. The number of nitrogen functional groups attached to an aromatic ring is 1. The van der Waals surface area contributed by atoms with Gasteiger partial charge in [-0.05, 0) is 25.0 Å². The van der Waals surface area contributed by atoms with E-state index in [1.54, 1.807) is 12.1 Å². The highest BCUT2D eigenvalue weighted by atomic mass is 32.2. The molecule has 11 nitrogen and oxygen atoms in total. The molecule has 5 rings (SSSR count). The van der Waals surface area contributed by atoms with Gasteiger partial charge in [0, 0.05) is 25.3 Å². The Morgan fingerprint density at radius 3 is 2.21 bits per heavy atom. The number of carboxylic acids is 1. The molecule has 1 aromatic heterocycles. The zero-order chi connectivity index (χ0) is 28.8. The zero-order valence-corrected chi connectivity index (χ0v) is 21.9. The van der Waals surface area contributed by atoms with Gasteiger partial charge in [-0.3, -0.25) is 9.35 Å². The fraction of sp³-hybridized carbons (Fsp3) is 0.360. The van der Waals surface area contributed by atoms with E-state index < -0.39 is 49.8 Å². The summed E-state index contributed by atoms with van der Waals surface area (Å²) in [5.41, 5.74) is 10.1. The second kappa shape index (κ2) is 10.5. The smallest absolute Gasteiger partial charge is 0.341 e. The Labute approximate surface area is 222 Å². The summed E-state index contributed by atoms with van der Waals surface area (Å²) >= 11 is 0. The molecule has 0 bridgehead atoms. The van der Waals surface area contributed by atoms with Crippen molar-refractivity contribution in [3.63, 3.8) is 0 Å². The van der Waals surface area contributed by atoms with Gasteiger partial charge >= 0.3 is 5.97 Å². The van der Waals surface area contributed by atoms with E-state index in [0.717, 1.165) is 11.8 Å². The number of carboxylic acid groups (broad SMARTS) is 1. The van der Waals surface area contributed by atoms with Crippen LogP contribution in [0.4, 0.5) is 20.2 Å². The molecule has 0 saturated carbocycles. The molecule has 2 saturated heterocycles. The van der Waals surface area contributed by atoms with Crippen LogP contribution in [0.5, 0.6) is 0 Å².